The first kappa shape index (κ1) is 11.9. The van der Waals surface area contributed by atoms with E-state index in [9.17, 15) is 4.79 Å². The number of aromatic nitrogens is 4. The number of oxazole rings is 1. The maximum absolute atomic E-state index is 11.7. The summed E-state index contributed by atoms with van der Waals surface area (Å²) < 4.78 is 5.18. The van der Waals surface area contributed by atoms with Crippen LogP contribution in [-0.2, 0) is 0 Å². The summed E-state index contributed by atoms with van der Waals surface area (Å²) in [5, 5.41) is 14.9. The van der Waals surface area contributed by atoms with E-state index in [1.165, 1.54) is 12.5 Å². The van der Waals surface area contributed by atoms with Crippen LogP contribution in [-0.4, -0.2) is 26.4 Å². The van der Waals surface area contributed by atoms with Crippen LogP contribution in [0.25, 0.3) is 11.5 Å². The van der Waals surface area contributed by atoms with E-state index in [2.05, 4.69) is 31.0 Å². The highest BCUT2D eigenvalue weighted by molar-refractivity contribution is 5.99. The Morgan fingerprint density at radius 1 is 1.20 bits per heavy atom. The number of rotatable bonds is 3. The second kappa shape index (κ2) is 5.22. The van der Waals surface area contributed by atoms with Gasteiger partial charge in [-0.25, -0.2) is 9.78 Å². The van der Waals surface area contributed by atoms with Crippen molar-refractivity contribution in [2.24, 2.45) is 0 Å². The molecule has 0 radical (unpaired) electrons. The minimum absolute atomic E-state index is 0.346. The molecule has 0 aliphatic rings. The van der Waals surface area contributed by atoms with Crippen LogP contribution in [0, 0.1) is 0 Å². The number of amides is 2. The Balaban J connectivity index is 1.65. The molecule has 0 fully saturated rings. The molecule has 0 aliphatic carbocycles. The smallest absolute Gasteiger partial charge is 0.324 e. The van der Waals surface area contributed by atoms with Crippen molar-refractivity contribution in [2.75, 3.05) is 10.6 Å². The minimum Gasteiger partial charge on any atom is -0.445 e. The Morgan fingerprint density at radius 2 is 2.05 bits per heavy atom. The molecule has 3 N–H and O–H groups in total. The van der Waals surface area contributed by atoms with Crippen LogP contribution >= 0.6 is 0 Å². The molecule has 20 heavy (non-hydrogen) atoms. The van der Waals surface area contributed by atoms with Crippen LogP contribution in [0.3, 0.4) is 0 Å². The lowest BCUT2D eigenvalue weighted by Gasteiger charge is -2.05. The lowest BCUT2D eigenvalue weighted by molar-refractivity contribution is 0.262. The number of benzene rings is 1. The highest BCUT2D eigenvalue weighted by atomic mass is 16.3. The van der Waals surface area contributed by atoms with E-state index < -0.39 is 6.03 Å². The third-order valence-electron chi connectivity index (χ3n) is 2.48. The van der Waals surface area contributed by atoms with Gasteiger partial charge in [-0.15, -0.1) is 5.10 Å². The van der Waals surface area contributed by atoms with Gasteiger partial charge in [0.15, 0.2) is 5.82 Å². The third kappa shape index (κ3) is 2.64. The fraction of sp³-hybridized carbons (Fsp3) is 0. The summed E-state index contributed by atoms with van der Waals surface area (Å²) in [6, 6.07) is 6.71. The summed E-state index contributed by atoms with van der Waals surface area (Å²) in [6.07, 6.45) is 4.49. The molecule has 0 saturated carbocycles. The Bertz CT molecular complexity index is 675. The maximum Gasteiger partial charge on any atom is 0.324 e. The standard InChI is InChI=1S/C12H10N6O2/c19-12(16-10-7-14-18-17-10)15-9-3-1-8(2-4-9)11-13-5-6-20-11/h1-7H,(H3,14,15,16,17,18,19). The Kier molecular flexibility index (Phi) is 3.11. The van der Waals surface area contributed by atoms with Crippen LogP contribution < -0.4 is 10.6 Å². The fourth-order valence-electron chi connectivity index (χ4n) is 1.60. The Labute approximate surface area is 113 Å². The van der Waals surface area contributed by atoms with Crippen molar-refractivity contribution in [3.63, 3.8) is 0 Å². The van der Waals surface area contributed by atoms with E-state index in [0.29, 0.717) is 17.4 Å². The van der Waals surface area contributed by atoms with Crippen LogP contribution in [0.15, 0.2) is 47.3 Å². The molecule has 2 amide bonds. The molecule has 0 unspecified atom stereocenters. The summed E-state index contributed by atoms with van der Waals surface area (Å²) >= 11 is 0. The number of carbonyl (C=O) groups is 1. The van der Waals surface area contributed by atoms with Crippen molar-refractivity contribution in [1.82, 2.24) is 20.4 Å². The van der Waals surface area contributed by atoms with Gasteiger partial charge in [-0.1, -0.05) is 0 Å². The number of nitrogens with zero attached hydrogens (tertiary/aromatic N) is 3. The summed E-state index contributed by atoms with van der Waals surface area (Å²) in [5.41, 5.74) is 1.47. The Hall–Kier alpha value is -3.16. The monoisotopic (exact) mass is 270 g/mol. The molecule has 0 saturated heterocycles. The second-order valence-corrected chi connectivity index (χ2v) is 3.85. The van der Waals surface area contributed by atoms with Gasteiger partial charge in [0.25, 0.3) is 0 Å². The normalized spacial score (nSPS) is 10.2. The molecule has 100 valence electrons. The predicted molar refractivity (Wildman–Crippen MR) is 71.0 cm³/mol. The van der Waals surface area contributed by atoms with Gasteiger partial charge < -0.3 is 9.73 Å². The first-order valence-electron chi connectivity index (χ1n) is 5.75. The van der Waals surface area contributed by atoms with Gasteiger partial charge in [-0.05, 0) is 24.3 Å². The molecule has 2 heterocycles. The molecule has 8 nitrogen and oxygen atoms in total. The first-order valence-corrected chi connectivity index (χ1v) is 5.75. The van der Waals surface area contributed by atoms with Crippen molar-refractivity contribution >= 4 is 17.5 Å². The van der Waals surface area contributed by atoms with Crippen molar-refractivity contribution in [1.29, 1.82) is 0 Å². The summed E-state index contributed by atoms with van der Waals surface area (Å²) in [4.78, 5) is 15.7. The van der Waals surface area contributed by atoms with Crippen LogP contribution in [0.5, 0.6) is 0 Å². The SMILES string of the molecule is O=C(Nc1ccc(-c2ncco2)cc1)Nc1cn[nH]n1. The van der Waals surface area contributed by atoms with Gasteiger partial charge in [0, 0.05) is 11.3 Å². The van der Waals surface area contributed by atoms with Gasteiger partial charge in [0.1, 0.15) is 6.26 Å². The van der Waals surface area contributed by atoms with Gasteiger partial charge in [0.2, 0.25) is 5.89 Å². The lowest BCUT2D eigenvalue weighted by atomic mass is 10.2. The number of H-pyrrole nitrogens is 1. The van der Waals surface area contributed by atoms with Crippen molar-refractivity contribution in [2.45, 2.75) is 0 Å². The molecular formula is C12H10N6O2. The molecule has 2 aromatic heterocycles. The largest absolute Gasteiger partial charge is 0.445 e. The maximum atomic E-state index is 11.7. The summed E-state index contributed by atoms with van der Waals surface area (Å²) in [5.74, 6) is 0.877. The number of aromatic amines is 1. The molecule has 8 heteroatoms. The molecule has 3 rings (SSSR count). The first-order chi connectivity index (χ1) is 9.81. The number of hydrogen-bond donors (Lipinski definition) is 3. The van der Waals surface area contributed by atoms with Crippen LogP contribution in [0.4, 0.5) is 16.3 Å². The number of nitrogens with one attached hydrogen (secondary N) is 3. The van der Waals surface area contributed by atoms with Gasteiger partial charge in [0.05, 0.1) is 12.4 Å². The average Bonchev–Trinajstić information content (AvgIpc) is 3.12. The van der Waals surface area contributed by atoms with Crippen molar-refractivity contribution < 1.29 is 9.21 Å². The van der Waals surface area contributed by atoms with E-state index in [1.807, 2.05) is 0 Å². The summed E-state index contributed by atoms with van der Waals surface area (Å²) in [7, 11) is 0. The van der Waals surface area contributed by atoms with E-state index in [4.69, 9.17) is 4.42 Å². The zero-order chi connectivity index (χ0) is 13.8. The quantitative estimate of drug-likeness (QED) is 0.675. The zero-order valence-electron chi connectivity index (χ0n) is 10.2. The molecule has 3 aromatic rings. The number of urea groups is 1. The van der Waals surface area contributed by atoms with E-state index >= 15 is 0 Å². The van der Waals surface area contributed by atoms with Gasteiger partial charge >= 0.3 is 6.03 Å². The molecule has 0 spiro atoms. The highest BCUT2D eigenvalue weighted by Crippen LogP contribution is 2.19. The highest BCUT2D eigenvalue weighted by Gasteiger charge is 2.06. The molecule has 0 atom stereocenters. The van der Waals surface area contributed by atoms with E-state index in [1.54, 1.807) is 30.5 Å². The fourth-order valence-corrected chi connectivity index (χ4v) is 1.60. The lowest BCUT2D eigenvalue weighted by Crippen LogP contribution is -2.19. The minimum atomic E-state index is -0.400. The van der Waals surface area contributed by atoms with E-state index in [0.717, 1.165) is 5.56 Å². The number of carbonyl (C=O) groups excluding carboxylic acids is 1. The predicted octanol–water partition coefficient (Wildman–Crippen LogP) is 2.10. The molecule has 1 aromatic carbocycles. The van der Waals surface area contributed by atoms with Gasteiger partial charge in [-0.2, -0.15) is 10.3 Å². The Morgan fingerprint density at radius 3 is 2.70 bits per heavy atom. The summed E-state index contributed by atoms with van der Waals surface area (Å²) in [6.45, 7) is 0. The third-order valence-corrected chi connectivity index (χ3v) is 2.48. The van der Waals surface area contributed by atoms with Gasteiger partial charge in [-0.3, -0.25) is 5.32 Å². The van der Waals surface area contributed by atoms with Crippen molar-refractivity contribution in [3.05, 3.63) is 42.9 Å². The van der Waals surface area contributed by atoms with Crippen LogP contribution in [0.1, 0.15) is 0 Å². The van der Waals surface area contributed by atoms with E-state index in [-0.39, 0.29) is 0 Å². The topological polar surface area (TPSA) is 109 Å². The van der Waals surface area contributed by atoms with Crippen LogP contribution in [0.2, 0.25) is 0 Å². The molecule has 0 bridgehead atoms. The number of anilines is 2. The average molecular weight is 270 g/mol. The zero-order valence-corrected chi connectivity index (χ0v) is 10.2. The number of hydrogen-bond acceptors (Lipinski definition) is 5. The second-order valence-electron chi connectivity index (χ2n) is 3.85. The van der Waals surface area contributed by atoms with Crippen molar-refractivity contribution in [3.8, 4) is 11.5 Å². The molecular weight excluding hydrogens is 260 g/mol. The molecule has 0 aliphatic heterocycles.